The molecule has 1 unspecified atom stereocenters. The van der Waals surface area contributed by atoms with Crippen molar-refractivity contribution < 1.29 is 4.79 Å². The summed E-state index contributed by atoms with van der Waals surface area (Å²) >= 11 is 0. The maximum atomic E-state index is 12.8. The average Bonchev–Trinajstić information content (AvgIpc) is 3.05. The van der Waals surface area contributed by atoms with Gasteiger partial charge in [-0.15, -0.1) is 0 Å². The molecule has 1 N–H and O–H groups in total. The SMILES string of the molecule is CCc1ccccc1NC(=O)N1CCCC1c1ccccc1C. The summed E-state index contributed by atoms with van der Waals surface area (Å²) in [5, 5.41) is 3.11. The number of carbonyl (C=O) groups is 1. The zero-order valence-electron chi connectivity index (χ0n) is 13.9. The number of hydrogen-bond donors (Lipinski definition) is 1. The Labute approximate surface area is 138 Å². The maximum Gasteiger partial charge on any atom is 0.322 e. The molecule has 1 atom stereocenters. The second kappa shape index (κ2) is 6.86. The molecule has 0 aliphatic carbocycles. The van der Waals surface area contributed by atoms with Gasteiger partial charge in [0.25, 0.3) is 0 Å². The summed E-state index contributed by atoms with van der Waals surface area (Å²) in [6.07, 6.45) is 3.01. The summed E-state index contributed by atoms with van der Waals surface area (Å²) in [7, 11) is 0. The van der Waals surface area contributed by atoms with Crippen molar-refractivity contribution >= 4 is 11.7 Å². The van der Waals surface area contributed by atoms with E-state index in [2.05, 4.69) is 49.5 Å². The third kappa shape index (κ3) is 3.24. The van der Waals surface area contributed by atoms with Crippen molar-refractivity contribution in [3.63, 3.8) is 0 Å². The van der Waals surface area contributed by atoms with Gasteiger partial charge in [0.05, 0.1) is 6.04 Å². The Morgan fingerprint density at radius 1 is 1.17 bits per heavy atom. The van der Waals surface area contributed by atoms with E-state index < -0.39 is 0 Å². The molecule has 2 aromatic rings. The molecule has 0 bridgehead atoms. The van der Waals surface area contributed by atoms with E-state index >= 15 is 0 Å². The molecular weight excluding hydrogens is 284 g/mol. The second-order valence-corrected chi connectivity index (χ2v) is 6.15. The number of likely N-dealkylation sites (tertiary alicyclic amines) is 1. The second-order valence-electron chi connectivity index (χ2n) is 6.15. The topological polar surface area (TPSA) is 32.3 Å². The van der Waals surface area contributed by atoms with Crippen molar-refractivity contribution in [3.05, 3.63) is 65.2 Å². The number of para-hydroxylation sites is 1. The third-order valence-electron chi connectivity index (χ3n) is 4.70. The molecule has 0 aromatic heterocycles. The number of carbonyl (C=O) groups excluding carboxylic acids is 1. The van der Waals surface area contributed by atoms with E-state index in [1.807, 2.05) is 23.1 Å². The average molecular weight is 308 g/mol. The number of anilines is 1. The van der Waals surface area contributed by atoms with Crippen molar-refractivity contribution in [2.24, 2.45) is 0 Å². The Morgan fingerprint density at radius 2 is 1.91 bits per heavy atom. The molecule has 0 saturated carbocycles. The number of urea groups is 1. The predicted octanol–water partition coefficient (Wildman–Crippen LogP) is 4.93. The van der Waals surface area contributed by atoms with Crippen LogP contribution in [0.15, 0.2) is 48.5 Å². The van der Waals surface area contributed by atoms with Crippen LogP contribution in [0.4, 0.5) is 10.5 Å². The summed E-state index contributed by atoms with van der Waals surface area (Å²) in [6.45, 7) is 5.05. The van der Waals surface area contributed by atoms with E-state index in [1.54, 1.807) is 0 Å². The molecule has 120 valence electrons. The van der Waals surface area contributed by atoms with Crippen LogP contribution in [-0.2, 0) is 6.42 Å². The Kier molecular flexibility index (Phi) is 4.65. The van der Waals surface area contributed by atoms with Crippen LogP contribution in [0, 0.1) is 6.92 Å². The van der Waals surface area contributed by atoms with Gasteiger partial charge in [0.2, 0.25) is 0 Å². The standard InChI is InChI=1S/C20H24N2O/c1-3-16-10-5-7-12-18(16)21-20(23)22-14-8-13-19(22)17-11-6-4-9-15(17)2/h4-7,9-12,19H,3,8,13-14H2,1-2H3,(H,21,23). The molecule has 3 nitrogen and oxygen atoms in total. The Hall–Kier alpha value is -2.29. The van der Waals surface area contributed by atoms with Gasteiger partial charge >= 0.3 is 6.03 Å². The number of amides is 2. The molecular formula is C20H24N2O. The summed E-state index contributed by atoms with van der Waals surface area (Å²) < 4.78 is 0. The van der Waals surface area contributed by atoms with Crippen molar-refractivity contribution in [3.8, 4) is 0 Å². The fourth-order valence-electron chi connectivity index (χ4n) is 3.43. The fourth-order valence-corrected chi connectivity index (χ4v) is 3.43. The minimum absolute atomic E-state index is 0.0108. The van der Waals surface area contributed by atoms with E-state index in [0.717, 1.165) is 31.5 Å². The number of nitrogens with one attached hydrogen (secondary N) is 1. The third-order valence-corrected chi connectivity index (χ3v) is 4.70. The summed E-state index contributed by atoms with van der Waals surface area (Å²) in [5.41, 5.74) is 4.62. The number of nitrogens with zero attached hydrogens (tertiary/aromatic N) is 1. The number of hydrogen-bond acceptors (Lipinski definition) is 1. The highest BCUT2D eigenvalue weighted by Gasteiger charge is 2.30. The van der Waals surface area contributed by atoms with Crippen molar-refractivity contribution in [1.82, 2.24) is 4.90 Å². The maximum absolute atomic E-state index is 12.8. The molecule has 1 aliphatic heterocycles. The summed E-state index contributed by atoms with van der Waals surface area (Å²) in [5.74, 6) is 0. The van der Waals surface area contributed by atoms with E-state index in [9.17, 15) is 4.79 Å². The van der Waals surface area contributed by atoms with Crippen LogP contribution in [0.25, 0.3) is 0 Å². The normalized spacial score (nSPS) is 17.3. The first-order valence-corrected chi connectivity index (χ1v) is 8.41. The van der Waals surface area contributed by atoms with Gasteiger partial charge in [-0.05, 0) is 48.9 Å². The molecule has 1 aliphatic rings. The molecule has 3 rings (SSSR count). The Morgan fingerprint density at radius 3 is 2.70 bits per heavy atom. The van der Waals surface area contributed by atoms with Gasteiger partial charge in [0, 0.05) is 12.2 Å². The highest BCUT2D eigenvalue weighted by molar-refractivity contribution is 5.90. The van der Waals surface area contributed by atoms with Crippen molar-refractivity contribution in [2.45, 2.75) is 39.2 Å². The Balaban J connectivity index is 1.80. The zero-order chi connectivity index (χ0) is 16.2. The molecule has 3 heteroatoms. The van der Waals surface area contributed by atoms with Gasteiger partial charge < -0.3 is 10.2 Å². The van der Waals surface area contributed by atoms with E-state index in [4.69, 9.17) is 0 Å². The number of benzene rings is 2. The van der Waals surface area contributed by atoms with Gasteiger partial charge in [-0.1, -0.05) is 49.4 Å². The summed E-state index contributed by atoms with van der Waals surface area (Å²) in [4.78, 5) is 14.8. The van der Waals surface area contributed by atoms with Gasteiger partial charge in [-0.25, -0.2) is 4.79 Å². The van der Waals surface area contributed by atoms with Crippen LogP contribution in [0.3, 0.4) is 0 Å². The Bertz CT molecular complexity index is 696. The van der Waals surface area contributed by atoms with E-state index in [0.29, 0.717) is 0 Å². The quantitative estimate of drug-likeness (QED) is 0.857. The number of aryl methyl sites for hydroxylation is 2. The van der Waals surface area contributed by atoms with Crippen molar-refractivity contribution in [1.29, 1.82) is 0 Å². The largest absolute Gasteiger partial charge is 0.322 e. The lowest BCUT2D eigenvalue weighted by Gasteiger charge is -2.27. The zero-order valence-corrected chi connectivity index (χ0v) is 13.9. The number of rotatable bonds is 3. The van der Waals surface area contributed by atoms with Gasteiger partial charge in [-0.2, -0.15) is 0 Å². The molecule has 23 heavy (non-hydrogen) atoms. The summed E-state index contributed by atoms with van der Waals surface area (Å²) in [6, 6.07) is 16.6. The van der Waals surface area contributed by atoms with E-state index in [1.165, 1.54) is 16.7 Å². The van der Waals surface area contributed by atoms with Crippen LogP contribution in [0.2, 0.25) is 0 Å². The van der Waals surface area contributed by atoms with Crippen LogP contribution in [-0.4, -0.2) is 17.5 Å². The minimum Gasteiger partial charge on any atom is -0.317 e. The lowest BCUT2D eigenvalue weighted by atomic mass is 9.99. The lowest BCUT2D eigenvalue weighted by molar-refractivity contribution is 0.207. The van der Waals surface area contributed by atoms with Gasteiger partial charge in [-0.3, -0.25) is 0 Å². The fraction of sp³-hybridized carbons (Fsp3) is 0.350. The van der Waals surface area contributed by atoms with Gasteiger partial charge in [0.1, 0.15) is 0 Å². The van der Waals surface area contributed by atoms with Crippen LogP contribution in [0.1, 0.15) is 42.5 Å². The molecule has 0 spiro atoms. The first-order chi connectivity index (χ1) is 11.2. The van der Waals surface area contributed by atoms with Gasteiger partial charge in [0.15, 0.2) is 0 Å². The van der Waals surface area contributed by atoms with Crippen LogP contribution < -0.4 is 5.32 Å². The molecule has 0 radical (unpaired) electrons. The highest BCUT2D eigenvalue weighted by atomic mass is 16.2. The monoisotopic (exact) mass is 308 g/mol. The highest BCUT2D eigenvalue weighted by Crippen LogP contribution is 2.34. The molecule has 2 aromatic carbocycles. The predicted molar refractivity (Wildman–Crippen MR) is 94.7 cm³/mol. The molecule has 1 fully saturated rings. The van der Waals surface area contributed by atoms with Crippen molar-refractivity contribution in [2.75, 3.05) is 11.9 Å². The minimum atomic E-state index is 0.0108. The first-order valence-electron chi connectivity index (χ1n) is 8.41. The molecule has 1 saturated heterocycles. The van der Waals surface area contributed by atoms with Crippen LogP contribution >= 0.6 is 0 Å². The molecule has 1 heterocycles. The smallest absolute Gasteiger partial charge is 0.317 e. The molecule has 2 amide bonds. The van der Waals surface area contributed by atoms with Crippen LogP contribution in [0.5, 0.6) is 0 Å². The lowest BCUT2D eigenvalue weighted by Crippen LogP contribution is -2.34. The first kappa shape index (κ1) is 15.6. The van der Waals surface area contributed by atoms with E-state index in [-0.39, 0.29) is 12.1 Å².